The smallest absolute Gasteiger partial charge is 0.170 e. The van der Waals surface area contributed by atoms with Crippen LogP contribution in [-0.4, -0.2) is 30.8 Å². The van der Waals surface area contributed by atoms with Gasteiger partial charge in [-0.05, 0) is 40.2 Å². The second kappa shape index (κ2) is 7.17. The van der Waals surface area contributed by atoms with E-state index in [0.717, 1.165) is 6.54 Å². The predicted octanol–water partition coefficient (Wildman–Crippen LogP) is 3.09. The number of nitrogens with zero attached hydrogens (tertiary/aromatic N) is 1. The van der Waals surface area contributed by atoms with Crippen LogP contribution in [0.5, 0.6) is 5.75 Å². The molecule has 1 aliphatic rings. The van der Waals surface area contributed by atoms with Crippen molar-refractivity contribution >= 4 is 15.9 Å². The van der Waals surface area contributed by atoms with Crippen LogP contribution in [0.25, 0.3) is 0 Å². The minimum atomic E-state index is -0.484. The van der Waals surface area contributed by atoms with Crippen molar-refractivity contribution in [3.63, 3.8) is 0 Å². The van der Waals surface area contributed by atoms with Gasteiger partial charge in [0.05, 0.1) is 16.8 Å². The van der Waals surface area contributed by atoms with Gasteiger partial charge in [0, 0.05) is 19.3 Å². The van der Waals surface area contributed by atoms with Crippen LogP contribution in [-0.2, 0) is 4.74 Å². The van der Waals surface area contributed by atoms with E-state index in [2.05, 4.69) is 26.2 Å². The molecule has 0 saturated carbocycles. The molecule has 1 saturated heterocycles. The van der Waals surface area contributed by atoms with Crippen molar-refractivity contribution in [2.75, 3.05) is 19.7 Å². The number of rotatable bonds is 4. The van der Waals surface area contributed by atoms with Crippen LogP contribution in [0, 0.1) is 5.82 Å². The molecular weight excluding hydrogens is 351 g/mol. The number of hydrogen-bond acceptors (Lipinski definition) is 4. The number of hydrogen-bond donors (Lipinski definition) is 1. The Morgan fingerprint density at radius 1 is 1.32 bits per heavy atom. The maximum absolute atomic E-state index is 14.1. The van der Waals surface area contributed by atoms with Crippen molar-refractivity contribution in [2.45, 2.75) is 12.2 Å². The van der Waals surface area contributed by atoms with Crippen molar-refractivity contribution < 1.29 is 13.9 Å². The number of benzene rings is 1. The molecule has 0 bridgehead atoms. The van der Waals surface area contributed by atoms with Gasteiger partial charge in [0.15, 0.2) is 17.7 Å². The van der Waals surface area contributed by atoms with E-state index in [9.17, 15) is 4.39 Å². The van der Waals surface area contributed by atoms with Gasteiger partial charge in [0.1, 0.15) is 6.10 Å². The Morgan fingerprint density at radius 2 is 2.23 bits per heavy atom. The zero-order chi connectivity index (χ0) is 15.4. The summed E-state index contributed by atoms with van der Waals surface area (Å²) in [5.41, 5.74) is 0.714. The molecule has 0 aliphatic carbocycles. The van der Waals surface area contributed by atoms with Gasteiger partial charge >= 0.3 is 0 Å². The van der Waals surface area contributed by atoms with Crippen molar-refractivity contribution in [1.82, 2.24) is 10.3 Å². The van der Waals surface area contributed by atoms with E-state index < -0.39 is 11.9 Å². The molecule has 1 aromatic heterocycles. The Kier molecular flexibility index (Phi) is 5.02. The van der Waals surface area contributed by atoms with E-state index in [1.807, 2.05) is 18.2 Å². The average molecular weight is 367 g/mol. The van der Waals surface area contributed by atoms with E-state index in [1.165, 1.54) is 6.07 Å². The van der Waals surface area contributed by atoms with Crippen LogP contribution in [0.4, 0.5) is 4.39 Å². The van der Waals surface area contributed by atoms with Gasteiger partial charge in [-0.1, -0.05) is 12.1 Å². The van der Waals surface area contributed by atoms with Crippen LogP contribution in [0.15, 0.2) is 47.1 Å². The summed E-state index contributed by atoms with van der Waals surface area (Å²) < 4.78 is 26.4. The van der Waals surface area contributed by atoms with Gasteiger partial charge < -0.3 is 14.8 Å². The average Bonchev–Trinajstić information content (AvgIpc) is 2.56. The first-order chi connectivity index (χ1) is 10.8. The third kappa shape index (κ3) is 3.45. The van der Waals surface area contributed by atoms with E-state index in [1.54, 1.807) is 18.3 Å². The van der Waals surface area contributed by atoms with Crippen molar-refractivity contribution in [3.8, 4) is 5.75 Å². The normalized spacial score (nSPS) is 19.6. The standard InChI is InChI=1S/C16H16BrFN2O2/c17-11-4-3-5-12(18)15(11)22-16(13-6-1-2-7-20-13)14-10-19-8-9-21-14/h1-7,14,16,19H,8-10H2/t14-,16?/m0/s1. The molecule has 1 unspecified atom stereocenters. The molecule has 0 spiro atoms. The third-order valence-electron chi connectivity index (χ3n) is 3.44. The molecule has 6 heteroatoms. The summed E-state index contributed by atoms with van der Waals surface area (Å²) in [7, 11) is 0. The zero-order valence-electron chi connectivity index (χ0n) is 11.8. The summed E-state index contributed by atoms with van der Waals surface area (Å²) in [4.78, 5) is 4.34. The molecule has 1 aromatic carbocycles. The minimum absolute atomic E-state index is 0.173. The Bertz CT molecular complexity index is 601. The lowest BCUT2D eigenvalue weighted by atomic mass is 10.1. The second-order valence-electron chi connectivity index (χ2n) is 4.96. The maximum atomic E-state index is 14.1. The quantitative estimate of drug-likeness (QED) is 0.902. The fraction of sp³-hybridized carbons (Fsp3) is 0.312. The number of halogens is 2. The van der Waals surface area contributed by atoms with Gasteiger partial charge in [-0.25, -0.2) is 4.39 Å². The molecule has 1 fully saturated rings. The highest BCUT2D eigenvalue weighted by atomic mass is 79.9. The summed E-state index contributed by atoms with van der Waals surface area (Å²) in [6.45, 7) is 2.03. The number of ether oxygens (including phenoxy) is 2. The number of pyridine rings is 1. The fourth-order valence-corrected chi connectivity index (χ4v) is 2.81. The summed E-state index contributed by atoms with van der Waals surface area (Å²) in [6, 6.07) is 10.3. The van der Waals surface area contributed by atoms with Gasteiger partial charge in [-0.15, -0.1) is 0 Å². The van der Waals surface area contributed by atoms with Crippen LogP contribution in [0.1, 0.15) is 11.8 Å². The summed E-state index contributed by atoms with van der Waals surface area (Å²) >= 11 is 3.33. The Balaban J connectivity index is 1.91. The highest BCUT2D eigenvalue weighted by Crippen LogP contribution is 2.33. The van der Waals surface area contributed by atoms with Crippen molar-refractivity contribution in [2.24, 2.45) is 0 Å². The number of nitrogens with one attached hydrogen (secondary N) is 1. The van der Waals surface area contributed by atoms with Crippen LogP contribution >= 0.6 is 15.9 Å². The molecule has 1 aliphatic heterocycles. The monoisotopic (exact) mass is 366 g/mol. The molecule has 2 heterocycles. The Labute approximate surface area is 136 Å². The first-order valence-corrected chi connectivity index (χ1v) is 7.89. The molecular formula is C16H16BrFN2O2. The first-order valence-electron chi connectivity index (χ1n) is 7.09. The molecule has 2 atom stereocenters. The molecule has 22 heavy (non-hydrogen) atoms. The Hall–Kier alpha value is -1.50. The fourth-order valence-electron chi connectivity index (χ4n) is 2.37. The summed E-state index contributed by atoms with van der Waals surface area (Å²) in [5.74, 6) is -0.244. The lowest BCUT2D eigenvalue weighted by Crippen LogP contribution is -2.43. The highest BCUT2D eigenvalue weighted by Gasteiger charge is 2.30. The van der Waals surface area contributed by atoms with Gasteiger partial charge in [0.2, 0.25) is 0 Å². The van der Waals surface area contributed by atoms with E-state index in [-0.39, 0.29) is 11.9 Å². The molecule has 1 N–H and O–H groups in total. The van der Waals surface area contributed by atoms with E-state index in [0.29, 0.717) is 23.3 Å². The zero-order valence-corrected chi connectivity index (χ0v) is 13.4. The largest absolute Gasteiger partial charge is 0.477 e. The molecule has 116 valence electrons. The number of morpholine rings is 1. The lowest BCUT2D eigenvalue weighted by molar-refractivity contribution is -0.0459. The highest BCUT2D eigenvalue weighted by molar-refractivity contribution is 9.10. The number of aromatic nitrogens is 1. The van der Waals surface area contributed by atoms with Gasteiger partial charge in [0.25, 0.3) is 0 Å². The molecule has 3 rings (SSSR count). The maximum Gasteiger partial charge on any atom is 0.170 e. The van der Waals surface area contributed by atoms with Gasteiger partial charge in [-0.2, -0.15) is 0 Å². The predicted molar refractivity (Wildman–Crippen MR) is 84.3 cm³/mol. The van der Waals surface area contributed by atoms with Crippen LogP contribution in [0.3, 0.4) is 0 Å². The summed E-state index contributed by atoms with van der Waals surface area (Å²) in [5, 5.41) is 3.26. The van der Waals surface area contributed by atoms with Crippen LogP contribution < -0.4 is 10.1 Å². The third-order valence-corrected chi connectivity index (χ3v) is 4.06. The van der Waals surface area contributed by atoms with E-state index in [4.69, 9.17) is 9.47 Å². The second-order valence-corrected chi connectivity index (χ2v) is 5.81. The molecule has 0 amide bonds. The van der Waals surface area contributed by atoms with Crippen molar-refractivity contribution in [1.29, 1.82) is 0 Å². The molecule has 2 aromatic rings. The molecule has 4 nitrogen and oxygen atoms in total. The van der Waals surface area contributed by atoms with Crippen LogP contribution in [0.2, 0.25) is 0 Å². The van der Waals surface area contributed by atoms with Gasteiger partial charge in [-0.3, -0.25) is 4.98 Å². The minimum Gasteiger partial charge on any atom is -0.477 e. The SMILES string of the molecule is Fc1cccc(Br)c1OC(c1ccccn1)[C@@H]1CNCCO1. The lowest BCUT2D eigenvalue weighted by Gasteiger charge is -2.31. The Morgan fingerprint density at radius 3 is 2.91 bits per heavy atom. The van der Waals surface area contributed by atoms with Crippen molar-refractivity contribution in [3.05, 3.63) is 58.6 Å². The molecule has 0 radical (unpaired) electrons. The topological polar surface area (TPSA) is 43.4 Å². The number of para-hydroxylation sites is 1. The van der Waals surface area contributed by atoms with E-state index >= 15 is 0 Å². The summed E-state index contributed by atoms with van der Waals surface area (Å²) in [6.07, 6.45) is 0.982. The first kappa shape index (κ1) is 15.4.